The molecule has 1 aliphatic rings. The average Bonchev–Trinajstić information content (AvgIpc) is 2.87. The number of halogens is 2. The number of rotatable bonds is 5. The quantitative estimate of drug-likeness (QED) is 0.610. The molecule has 0 aromatic heterocycles. The Hall–Kier alpha value is -1.76. The highest BCUT2D eigenvalue weighted by molar-refractivity contribution is 5.47. The molecule has 0 unspecified atom stereocenters. The van der Waals surface area contributed by atoms with E-state index in [2.05, 4.69) is 4.90 Å². The summed E-state index contributed by atoms with van der Waals surface area (Å²) in [7, 11) is 0. The second-order valence-electron chi connectivity index (χ2n) is 4.36. The third kappa shape index (κ3) is 3.17. The Morgan fingerprint density at radius 2 is 2.00 bits per heavy atom. The summed E-state index contributed by atoms with van der Waals surface area (Å²) in [6.07, 6.45) is 2.21. The summed E-state index contributed by atoms with van der Waals surface area (Å²) in [5.74, 6) is -3.08. The van der Waals surface area contributed by atoms with Crippen molar-refractivity contribution < 1.29 is 18.4 Å². The van der Waals surface area contributed by atoms with Crippen LogP contribution in [0, 0.1) is 21.7 Å². The molecule has 1 aromatic rings. The fraction of sp³-hybridized carbons (Fsp3) is 0.500. The first-order chi connectivity index (χ1) is 9.09. The molecule has 2 rings (SSSR count). The normalized spacial score (nSPS) is 15.7. The summed E-state index contributed by atoms with van der Waals surface area (Å²) < 4.78 is 31.6. The minimum atomic E-state index is -1.31. The highest BCUT2D eigenvalue weighted by atomic mass is 19.2. The van der Waals surface area contributed by atoms with Gasteiger partial charge in [0.1, 0.15) is 6.61 Å². The van der Waals surface area contributed by atoms with E-state index in [1.807, 2.05) is 0 Å². The molecule has 19 heavy (non-hydrogen) atoms. The van der Waals surface area contributed by atoms with Crippen LogP contribution in [0.1, 0.15) is 12.8 Å². The molecule has 1 aliphatic heterocycles. The van der Waals surface area contributed by atoms with Crippen molar-refractivity contribution in [3.05, 3.63) is 33.9 Å². The van der Waals surface area contributed by atoms with Gasteiger partial charge in [0.05, 0.1) is 4.92 Å². The van der Waals surface area contributed by atoms with E-state index in [1.54, 1.807) is 0 Å². The number of hydrogen-bond acceptors (Lipinski definition) is 4. The van der Waals surface area contributed by atoms with Crippen LogP contribution in [0.3, 0.4) is 0 Å². The topological polar surface area (TPSA) is 55.6 Å². The van der Waals surface area contributed by atoms with E-state index in [-0.39, 0.29) is 6.61 Å². The van der Waals surface area contributed by atoms with Gasteiger partial charge in [-0.05, 0) is 32.0 Å². The van der Waals surface area contributed by atoms with E-state index >= 15 is 0 Å². The molecule has 0 saturated carbocycles. The van der Waals surface area contributed by atoms with Gasteiger partial charge in [0.15, 0.2) is 5.82 Å². The monoisotopic (exact) mass is 272 g/mol. The Morgan fingerprint density at radius 3 is 2.63 bits per heavy atom. The van der Waals surface area contributed by atoms with Crippen molar-refractivity contribution in [1.29, 1.82) is 0 Å². The number of nitro groups is 1. The predicted octanol–water partition coefficient (Wildman–Crippen LogP) is 2.35. The minimum Gasteiger partial charge on any atom is -0.483 e. The van der Waals surface area contributed by atoms with Gasteiger partial charge < -0.3 is 4.74 Å². The van der Waals surface area contributed by atoms with Gasteiger partial charge >= 0.3 is 5.69 Å². The molecule has 0 atom stereocenters. The fourth-order valence-corrected chi connectivity index (χ4v) is 2.09. The number of ether oxygens (including phenoxy) is 1. The van der Waals surface area contributed by atoms with Crippen molar-refractivity contribution in [1.82, 2.24) is 4.90 Å². The van der Waals surface area contributed by atoms with Crippen molar-refractivity contribution in [3.63, 3.8) is 0 Å². The van der Waals surface area contributed by atoms with Gasteiger partial charge in [0.2, 0.25) is 11.6 Å². The van der Waals surface area contributed by atoms with Gasteiger partial charge in [-0.1, -0.05) is 0 Å². The van der Waals surface area contributed by atoms with Crippen LogP contribution in [0.5, 0.6) is 5.75 Å². The predicted molar refractivity (Wildman–Crippen MR) is 64.2 cm³/mol. The molecule has 0 spiro atoms. The minimum absolute atomic E-state index is 0.0984. The molecule has 0 aliphatic carbocycles. The van der Waals surface area contributed by atoms with Gasteiger partial charge in [0, 0.05) is 12.6 Å². The molecule has 1 fully saturated rings. The third-order valence-electron chi connectivity index (χ3n) is 3.08. The van der Waals surface area contributed by atoms with Crippen LogP contribution < -0.4 is 4.74 Å². The van der Waals surface area contributed by atoms with Crippen LogP contribution in [0.2, 0.25) is 0 Å². The molecule has 7 heteroatoms. The van der Waals surface area contributed by atoms with Crippen molar-refractivity contribution >= 4 is 5.69 Å². The lowest BCUT2D eigenvalue weighted by Gasteiger charge is -2.15. The maximum Gasteiger partial charge on any atom is 0.314 e. The maximum atomic E-state index is 13.5. The molecule has 1 heterocycles. The molecule has 5 nitrogen and oxygen atoms in total. The first-order valence-corrected chi connectivity index (χ1v) is 6.07. The van der Waals surface area contributed by atoms with Crippen molar-refractivity contribution in [2.45, 2.75) is 12.8 Å². The summed E-state index contributed by atoms with van der Waals surface area (Å²) >= 11 is 0. The zero-order valence-corrected chi connectivity index (χ0v) is 10.3. The molecule has 0 bridgehead atoms. The SMILES string of the molecule is O=[N+]([O-])c1ccc(F)c(F)c1OCCN1CCCC1. The van der Waals surface area contributed by atoms with Crippen LogP contribution in [0.25, 0.3) is 0 Å². The highest BCUT2D eigenvalue weighted by Crippen LogP contribution is 2.31. The Bertz CT molecular complexity index is 476. The Balaban J connectivity index is 2.05. The van der Waals surface area contributed by atoms with E-state index in [0.29, 0.717) is 6.54 Å². The zero-order chi connectivity index (χ0) is 13.8. The number of benzene rings is 1. The molecule has 0 N–H and O–H groups in total. The van der Waals surface area contributed by atoms with Gasteiger partial charge in [-0.15, -0.1) is 0 Å². The largest absolute Gasteiger partial charge is 0.483 e. The zero-order valence-electron chi connectivity index (χ0n) is 10.3. The van der Waals surface area contributed by atoms with Crippen LogP contribution in [-0.4, -0.2) is 36.1 Å². The molecule has 1 aromatic carbocycles. The number of nitrogens with zero attached hydrogens (tertiary/aromatic N) is 2. The Kier molecular flexibility index (Phi) is 4.26. The van der Waals surface area contributed by atoms with Gasteiger partial charge in [-0.3, -0.25) is 15.0 Å². The van der Waals surface area contributed by atoms with Crippen LogP contribution in [0.15, 0.2) is 12.1 Å². The lowest BCUT2D eigenvalue weighted by atomic mass is 10.2. The molecule has 0 amide bonds. The van der Waals surface area contributed by atoms with Crippen molar-refractivity contribution in [2.75, 3.05) is 26.2 Å². The van der Waals surface area contributed by atoms with E-state index in [9.17, 15) is 18.9 Å². The van der Waals surface area contributed by atoms with Crippen LogP contribution >= 0.6 is 0 Å². The number of hydrogen-bond donors (Lipinski definition) is 0. The maximum absolute atomic E-state index is 13.5. The molecule has 104 valence electrons. The second kappa shape index (κ2) is 5.92. The standard InChI is InChI=1S/C12H14F2N2O3/c13-9-3-4-10(16(17)18)12(11(9)14)19-8-7-15-5-1-2-6-15/h3-4H,1-2,5-8H2. The molecule has 1 saturated heterocycles. The molecular weight excluding hydrogens is 258 g/mol. The fourth-order valence-electron chi connectivity index (χ4n) is 2.09. The smallest absolute Gasteiger partial charge is 0.314 e. The second-order valence-corrected chi connectivity index (χ2v) is 4.36. The summed E-state index contributed by atoms with van der Waals surface area (Å²) in [5, 5.41) is 10.7. The lowest BCUT2D eigenvalue weighted by Crippen LogP contribution is -2.25. The molecular formula is C12H14F2N2O3. The Labute approximate surface area is 108 Å². The van der Waals surface area contributed by atoms with Gasteiger partial charge in [-0.2, -0.15) is 4.39 Å². The van der Waals surface area contributed by atoms with Crippen LogP contribution in [-0.2, 0) is 0 Å². The van der Waals surface area contributed by atoms with E-state index < -0.39 is 28.0 Å². The third-order valence-corrected chi connectivity index (χ3v) is 3.08. The summed E-state index contributed by atoms with van der Waals surface area (Å²) in [6, 6.07) is 1.63. The van der Waals surface area contributed by atoms with E-state index in [4.69, 9.17) is 4.74 Å². The first-order valence-electron chi connectivity index (χ1n) is 6.07. The highest BCUT2D eigenvalue weighted by Gasteiger charge is 2.23. The number of likely N-dealkylation sites (tertiary alicyclic amines) is 1. The summed E-state index contributed by atoms with van der Waals surface area (Å²) in [4.78, 5) is 12.1. The first kappa shape index (κ1) is 13.7. The van der Waals surface area contributed by atoms with Gasteiger partial charge in [-0.25, -0.2) is 4.39 Å². The summed E-state index contributed by atoms with van der Waals surface area (Å²) in [5.41, 5.74) is -0.555. The van der Waals surface area contributed by atoms with Crippen molar-refractivity contribution in [2.24, 2.45) is 0 Å². The van der Waals surface area contributed by atoms with Gasteiger partial charge in [0.25, 0.3) is 0 Å². The van der Waals surface area contributed by atoms with E-state index in [1.165, 1.54) is 0 Å². The van der Waals surface area contributed by atoms with E-state index in [0.717, 1.165) is 38.1 Å². The average molecular weight is 272 g/mol. The van der Waals surface area contributed by atoms with Crippen LogP contribution in [0.4, 0.5) is 14.5 Å². The number of nitro benzene ring substituents is 1. The van der Waals surface area contributed by atoms with Crippen molar-refractivity contribution in [3.8, 4) is 5.75 Å². The Morgan fingerprint density at radius 1 is 1.32 bits per heavy atom. The molecule has 0 radical (unpaired) electrons. The lowest BCUT2D eigenvalue weighted by molar-refractivity contribution is -0.386. The summed E-state index contributed by atoms with van der Waals surface area (Å²) in [6.45, 7) is 2.53.